The first-order valence-corrected chi connectivity index (χ1v) is 10.0. The van der Waals surface area contributed by atoms with Crippen molar-refractivity contribution in [1.82, 2.24) is 4.90 Å². The Labute approximate surface area is 178 Å². The minimum atomic E-state index is -0.430. The maximum atomic E-state index is 13.1. The zero-order valence-corrected chi connectivity index (χ0v) is 18.0. The van der Waals surface area contributed by atoms with Crippen molar-refractivity contribution in [1.29, 1.82) is 0 Å². The van der Waals surface area contributed by atoms with Gasteiger partial charge < -0.3 is 9.64 Å². The van der Waals surface area contributed by atoms with Gasteiger partial charge in [0, 0.05) is 29.6 Å². The van der Waals surface area contributed by atoms with Crippen LogP contribution < -0.4 is 0 Å². The molecule has 1 atom stereocenters. The Morgan fingerprint density at radius 1 is 1.31 bits per heavy atom. The van der Waals surface area contributed by atoms with Crippen molar-refractivity contribution >= 4 is 23.5 Å². The highest BCUT2D eigenvalue weighted by Gasteiger charge is 2.37. The Balaban J connectivity index is 2.43. The number of esters is 1. The molecule has 29 heavy (non-hydrogen) atoms. The summed E-state index contributed by atoms with van der Waals surface area (Å²) in [6, 6.07) is 7.24. The Morgan fingerprint density at radius 3 is 2.52 bits per heavy atom. The largest absolute Gasteiger partial charge is 0.457 e. The van der Waals surface area contributed by atoms with Gasteiger partial charge >= 0.3 is 5.97 Å². The molecule has 0 saturated carbocycles. The molecule has 5 heteroatoms. The minimum absolute atomic E-state index is 0.00559. The van der Waals surface area contributed by atoms with E-state index in [1.165, 1.54) is 0 Å². The standard InChI is InChI=1S/C24H28ClNO3/c1-6-8-18(7-2)15-29-24(28)23-17(5)26(14-16(3)4)22(27)13-21(23)19-9-11-20(25)12-10-19/h6-12,16,21H,1-2,13-15H2,3-5H3/b18-8+. The van der Waals surface area contributed by atoms with Gasteiger partial charge in [0.25, 0.3) is 0 Å². The summed E-state index contributed by atoms with van der Waals surface area (Å²) in [7, 11) is 0. The molecule has 1 aliphatic heterocycles. The summed E-state index contributed by atoms with van der Waals surface area (Å²) in [4.78, 5) is 27.6. The molecule has 1 aromatic rings. The Morgan fingerprint density at radius 2 is 1.97 bits per heavy atom. The third-order valence-electron chi connectivity index (χ3n) is 4.83. The quantitative estimate of drug-likeness (QED) is 0.421. The van der Waals surface area contributed by atoms with Crippen LogP contribution in [-0.4, -0.2) is 29.9 Å². The smallest absolute Gasteiger partial charge is 0.336 e. The number of allylic oxidation sites excluding steroid dienone is 3. The van der Waals surface area contributed by atoms with Crippen LogP contribution in [0.1, 0.15) is 38.7 Å². The average Bonchev–Trinajstić information content (AvgIpc) is 2.68. The van der Waals surface area contributed by atoms with Gasteiger partial charge in [0.1, 0.15) is 6.61 Å². The molecule has 0 saturated heterocycles. The van der Waals surface area contributed by atoms with Crippen molar-refractivity contribution in [3.63, 3.8) is 0 Å². The highest BCUT2D eigenvalue weighted by atomic mass is 35.5. The fourth-order valence-electron chi connectivity index (χ4n) is 3.40. The molecule has 0 N–H and O–H groups in total. The zero-order valence-electron chi connectivity index (χ0n) is 17.3. The number of ether oxygens (including phenoxy) is 1. The normalized spacial score (nSPS) is 17.6. The predicted molar refractivity (Wildman–Crippen MR) is 117 cm³/mol. The van der Waals surface area contributed by atoms with E-state index >= 15 is 0 Å². The number of benzene rings is 1. The summed E-state index contributed by atoms with van der Waals surface area (Å²) >= 11 is 6.02. The van der Waals surface area contributed by atoms with Crippen LogP contribution in [0.15, 0.2) is 72.5 Å². The fourth-order valence-corrected chi connectivity index (χ4v) is 3.52. The number of rotatable bonds is 8. The van der Waals surface area contributed by atoms with Crippen LogP contribution in [0.3, 0.4) is 0 Å². The summed E-state index contributed by atoms with van der Waals surface area (Å²) in [5.41, 5.74) is 2.77. The highest BCUT2D eigenvalue weighted by molar-refractivity contribution is 6.30. The van der Waals surface area contributed by atoms with Crippen molar-refractivity contribution in [3.8, 4) is 0 Å². The van der Waals surface area contributed by atoms with Crippen molar-refractivity contribution < 1.29 is 14.3 Å². The van der Waals surface area contributed by atoms with Gasteiger partial charge in [-0.2, -0.15) is 0 Å². The molecule has 1 heterocycles. The van der Waals surface area contributed by atoms with Crippen LogP contribution in [0, 0.1) is 5.92 Å². The van der Waals surface area contributed by atoms with E-state index in [9.17, 15) is 9.59 Å². The van der Waals surface area contributed by atoms with Crippen molar-refractivity contribution in [2.45, 2.75) is 33.1 Å². The SMILES string of the molecule is C=C/C=C(\C=C)COC(=O)C1=C(C)N(CC(C)C)C(=O)CC1c1ccc(Cl)cc1. The molecule has 0 radical (unpaired) electrons. The van der Waals surface area contributed by atoms with Crippen molar-refractivity contribution in [2.24, 2.45) is 5.92 Å². The molecule has 0 aliphatic carbocycles. The van der Waals surface area contributed by atoms with Gasteiger partial charge in [-0.1, -0.05) is 69.0 Å². The number of hydrogen-bond acceptors (Lipinski definition) is 3. The molecule has 4 nitrogen and oxygen atoms in total. The Kier molecular flexibility index (Phi) is 8.03. The van der Waals surface area contributed by atoms with E-state index in [4.69, 9.17) is 16.3 Å². The monoisotopic (exact) mass is 413 g/mol. The number of nitrogens with zero attached hydrogens (tertiary/aromatic N) is 1. The lowest BCUT2D eigenvalue weighted by Crippen LogP contribution is -2.40. The van der Waals surface area contributed by atoms with Gasteiger partial charge in [-0.15, -0.1) is 0 Å². The topological polar surface area (TPSA) is 46.6 Å². The van der Waals surface area contributed by atoms with Crippen LogP contribution in [0.2, 0.25) is 5.02 Å². The molecule has 1 aliphatic rings. The molecule has 0 fully saturated rings. The van der Waals surface area contributed by atoms with E-state index in [1.807, 2.05) is 32.9 Å². The zero-order chi connectivity index (χ0) is 21.6. The van der Waals surface area contributed by atoms with E-state index in [1.54, 1.807) is 35.3 Å². The van der Waals surface area contributed by atoms with E-state index in [-0.39, 0.29) is 30.8 Å². The Bertz CT molecular complexity index is 849. The van der Waals surface area contributed by atoms with Crippen LogP contribution in [0.5, 0.6) is 0 Å². The van der Waals surface area contributed by atoms with Gasteiger partial charge in [0.05, 0.1) is 5.57 Å². The van der Waals surface area contributed by atoms with Gasteiger partial charge in [-0.05, 0) is 36.1 Å². The van der Waals surface area contributed by atoms with E-state index < -0.39 is 5.97 Å². The van der Waals surface area contributed by atoms with Crippen LogP contribution in [0.25, 0.3) is 0 Å². The molecular formula is C24H28ClNO3. The number of hydrogen-bond donors (Lipinski definition) is 0. The lowest BCUT2D eigenvalue weighted by atomic mass is 9.83. The molecule has 0 bridgehead atoms. The molecular weight excluding hydrogens is 386 g/mol. The van der Waals surface area contributed by atoms with Gasteiger partial charge in [-0.25, -0.2) is 4.79 Å². The molecule has 0 spiro atoms. The Hall–Kier alpha value is -2.59. The maximum absolute atomic E-state index is 13.1. The predicted octanol–water partition coefficient (Wildman–Crippen LogP) is 5.43. The molecule has 1 aromatic carbocycles. The van der Waals surface area contributed by atoms with E-state index in [2.05, 4.69) is 13.2 Å². The first-order chi connectivity index (χ1) is 13.8. The van der Waals surface area contributed by atoms with Gasteiger partial charge in [0.2, 0.25) is 5.91 Å². The number of carbonyl (C=O) groups excluding carboxylic acids is 2. The average molecular weight is 414 g/mol. The van der Waals surface area contributed by atoms with Gasteiger partial charge in [-0.3, -0.25) is 4.79 Å². The highest BCUT2D eigenvalue weighted by Crippen LogP contribution is 2.37. The summed E-state index contributed by atoms with van der Waals surface area (Å²) in [5, 5.41) is 0.604. The van der Waals surface area contributed by atoms with Crippen molar-refractivity contribution in [3.05, 3.63) is 83.1 Å². The summed E-state index contributed by atoms with van der Waals surface area (Å²) in [6.45, 7) is 13.9. The molecule has 1 unspecified atom stereocenters. The van der Waals surface area contributed by atoms with Crippen molar-refractivity contribution in [2.75, 3.05) is 13.2 Å². The molecule has 0 aromatic heterocycles. The number of amides is 1. The lowest BCUT2D eigenvalue weighted by Gasteiger charge is -2.35. The molecule has 1 amide bonds. The summed E-state index contributed by atoms with van der Waals surface area (Å²) in [5.74, 6) is -0.515. The third-order valence-corrected chi connectivity index (χ3v) is 5.08. The second kappa shape index (κ2) is 10.3. The first kappa shape index (κ1) is 22.7. The van der Waals surface area contributed by atoms with Crippen LogP contribution >= 0.6 is 11.6 Å². The second-order valence-corrected chi connectivity index (χ2v) is 7.90. The summed E-state index contributed by atoms with van der Waals surface area (Å²) in [6.07, 6.45) is 5.21. The van der Waals surface area contributed by atoms with E-state index in [0.717, 1.165) is 11.1 Å². The lowest BCUT2D eigenvalue weighted by molar-refractivity contribution is -0.139. The van der Waals surface area contributed by atoms with Crippen LogP contribution in [0.4, 0.5) is 0 Å². The third kappa shape index (κ3) is 5.70. The summed E-state index contributed by atoms with van der Waals surface area (Å²) < 4.78 is 5.57. The first-order valence-electron chi connectivity index (χ1n) is 9.66. The van der Waals surface area contributed by atoms with E-state index in [0.29, 0.717) is 22.8 Å². The number of carbonyl (C=O) groups is 2. The molecule has 154 valence electrons. The maximum Gasteiger partial charge on any atom is 0.336 e. The van der Waals surface area contributed by atoms with Gasteiger partial charge in [0.15, 0.2) is 0 Å². The second-order valence-electron chi connectivity index (χ2n) is 7.46. The molecule has 2 rings (SSSR count). The fraction of sp³-hybridized carbons (Fsp3) is 0.333. The number of halogens is 1. The van der Waals surface area contributed by atoms with Crippen LogP contribution in [-0.2, 0) is 14.3 Å². The minimum Gasteiger partial charge on any atom is -0.457 e.